The van der Waals surface area contributed by atoms with E-state index in [1.165, 1.54) is 14.0 Å². The Bertz CT molecular complexity index is 500. The number of aromatic nitrogens is 2. The van der Waals surface area contributed by atoms with Crippen LogP contribution in [0.2, 0.25) is 0 Å². The zero-order valence-electron chi connectivity index (χ0n) is 13.7. The number of carbonyl (C=O) groups excluding carboxylic acids is 2. The number of rotatable bonds is 9. The first-order chi connectivity index (χ1) is 10.4. The van der Waals surface area contributed by atoms with Crippen molar-refractivity contribution < 1.29 is 28.4 Å². The van der Waals surface area contributed by atoms with Crippen LogP contribution in [0.5, 0.6) is 0 Å². The lowest BCUT2D eigenvalue weighted by atomic mass is 9.93. The predicted molar refractivity (Wildman–Crippen MR) is 77.8 cm³/mol. The summed E-state index contributed by atoms with van der Waals surface area (Å²) in [5.41, 5.74) is -0.986. The average molecular weight is 313 g/mol. The number of hydrogen-bond donors (Lipinski definition) is 0. The molecule has 0 saturated carbocycles. The van der Waals surface area contributed by atoms with Crippen LogP contribution in [0.1, 0.15) is 20.3 Å². The van der Waals surface area contributed by atoms with Gasteiger partial charge < -0.3 is 14.2 Å². The summed E-state index contributed by atoms with van der Waals surface area (Å²) >= 11 is 0. The van der Waals surface area contributed by atoms with E-state index in [-0.39, 0.29) is 13.2 Å². The maximum absolute atomic E-state index is 12.2. The zero-order chi connectivity index (χ0) is 16.6. The van der Waals surface area contributed by atoms with Crippen molar-refractivity contribution in [3.63, 3.8) is 0 Å². The molecule has 0 aromatic carbocycles. The summed E-state index contributed by atoms with van der Waals surface area (Å²) in [4.78, 5) is 23.1. The Balaban J connectivity index is 2.40. The molecular formula is C15H25N2O5+. The van der Waals surface area contributed by atoms with Crippen molar-refractivity contribution in [2.75, 3.05) is 26.9 Å². The van der Waals surface area contributed by atoms with E-state index >= 15 is 0 Å². The van der Waals surface area contributed by atoms with Crippen LogP contribution in [-0.2, 0) is 37.4 Å². The second-order valence-corrected chi connectivity index (χ2v) is 5.58. The molecule has 0 aliphatic rings. The van der Waals surface area contributed by atoms with Crippen LogP contribution in [-0.4, -0.2) is 43.4 Å². The number of ether oxygens (including phenoxy) is 3. The highest BCUT2D eigenvalue weighted by Gasteiger charge is 2.36. The third-order valence-corrected chi connectivity index (χ3v) is 3.17. The minimum Gasteiger partial charge on any atom is -0.465 e. The fourth-order valence-electron chi connectivity index (χ4n) is 1.96. The Morgan fingerprint density at radius 2 is 2.00 bits per heavy atom. The van der Waals surface area contributed by atoms with Gasteiger partial charge in [0.2, 0.25) is 6.33 Å². The van der Waals surface area contributed by atoms with E-state index in [1.807, 2.05) is 34.9 Å². The van der Waals surface area contributed by atoms with Gasteiger partial charge in [-0.3, -0.25) is 9.59 Å². The fourth-order valence-corrected chi connectivity index (χ4v) is 1.96. The summed E-state index contributed by atoms with van der Waals surface area (Å²) in [6.45, 7) is 4.11. The summed E-state index contributed by atoms with van der Waals surface area (Å²) < 4.78 is 19.2. The predicted octanol–water partition coefficient (Wildman–Crippen LogP) is 0.462. The Kier molecular flexibility index (Phi) is 7.04. The van der Waals surface area contributed by atoms with Gasteiger partial charge in [0.25, 0.3) is 0 Å². The van der Waals surface area contributed by atoms with Crippen molar-refractivity contribution in [1.82, 2.24) is 4.57 Å². The number of hydrogen-bond acceptors (Lipinski definition) is 5. The molecule has 7 nitrogen and oxygen atoms in total. The second-order valence-electron chi connectivity index (χ2n) is 5.58. The molecule has 0 amide bonds. The van der Waals surface area contributed by atoms with Gasteiger partial charge in [-0.25, -0.2) is 9.13 Å². The molecule has 1 aromatic rings. The molecule has 0 aliphatic carbocycles. The summed E-state index contributed by atoms with van der Waals surface area (Å²) in [5.74, 6) is -0.857. The molecule has 1 aromatic heterocycles. The third kappa shape index (κ3) is 5.85. The van der Waals surface area contributed by atoms with Gasteiger partial charge in [-0.05, 0) is 6.92 Å². The van der Waals surface area contributed by atoms with Crippen LogP contribution in [0.3, 0.4) is 0 Å². The third-order valence-electron chi connectivity index (χ3n) is 3.17. The first-order valence-electron chi connectivity index (χ1n) is 7.18. The van der Waals surface area contributed by atoms with E-state index < -0.39 is 17.4 Å². The largest absolute Gasteiger partial charge is 0.465 e. The molecule has 22 heavy (non-hydrogen) atoms. The van der Waals surface area contributed by atoms with Gasteiger partial charge in [0.05, 0.1) is 26.8 Å². The molecule has 0 fully saturated rings. The van der Waals surface area contributed by atoms with Crippen molar-refractivity contribution in [2.24, 2.45) is 12.5 Å². The molecule has 1 atom stereocenters. The van der Waals surface area contributed by atoms with Gasteiger partial charge in [0.1, 0.15) is 24.4 Å². The van der Waals surface area contributed by atoms with Crippen LogP contribution in [0.25, 0.3) is 0 Å². The van der Waals surface area contributed by atoms with Gasteiger partial charge >= 0.3 is 11.9 Å². The highest BCUT2D eigenvalue weighted by atomic mass is 16.6. The lowest BCUT2D eigenvalue weighted by Crippen LogP contribution is -2.39. The van der Waals surface area contributed by atoms with Crippen LogP contribution in [0, 0.1) is 5.41 Å². The van der Waals surface area contributed by atoms with Crippen LogP contribution >= 0.6 is 0 Å². The van der Waals surface area contributed by atoms with Crippen molar-refractivity contribution in [3.8, 4) is 0 Å². The summed E-state index contributed by atoms with van der Waals surface area (Å²) in [6, 6.07) is 0. The summed E-state index contributed by atoms with van der Waals surface area (Å²) in [6.07, 6.45) is 6.56. The smallest absolute Gasteiger partial charge is 0.317 e. The van der Waals surface area contributed by atoms with Crippen molar-refractivity contribution >= 4 is 11.9 Å². The Morgan fingerprint density at radius 1 is 1.27 bits per heavy atom. The van der Waals surface area contributed by atoms with Gasteiger partial charge in [-0.1, -0.05) is 0 Å². The number of nitrogens with zero attached hydrogens (tertiary/aromatic N) is 2. The fraction of sp³-hybridized carbons (Fsp3) is 0.667. The molecule has 1 rings (SSSR count). The molecule has 7 heteroatoms. The average Bonchev–Trinajstić information content (AvgIpc) is 2.87. The molecule has 0 radical (unpaired) electrons. The maximum atomic E-state index is 12.2. The molecule has 1 unspecified atom stereocenters. The van der Waals surface area contributed by atoms with Crippen molar-refractivity contribution in [2.45, 2.75) is 26.8 Å². The maximum Gasteiger partial charge on any atom is 0.317 e. The van der Waals surface area contributed by atoms with E-state index in [2.05, 4.69) is 0 Å². The molecule has 0 saturated heterocycles. The molecule has 0 spiro atoms. The van der Waals surface area contributed by atoms with E-state index in [0.717, 1.165) is 6.54 Å². The number of esters is 2. The summed E-state index contributed by atoms with van der Waals surface area (Å²) in [5, 5.41) is 0. The standard InChI is InChI=1S/C15H25N2O5/c1-13(18)22-11-15(2,10-20-4)14(19)21-9-5-6-17-8-7-16(3)12-17/h7-8,12H,5-6,9-11H2,1-4H3/q+1. The number of methoxy groups -OCH3 is 1. The molecule has 0 aliphatic heterocycles. The van der Waals surface area contributed by atoms with Gasteiger partial charge in [-0.15, -0.1) is 0 Å². The zero-order valence-corrected chi connectivity index (χ0v) is 13.7. The van der Waals surface area contributed by atoms with Crippen LogP contribution in [0.4, 0.5) is 0 Å². The molecule has 124 valence electrons. The lowest BCUT2D eigenvalue weighted by molar-refractivity contribution is -0.671. The minimum atomic E-state index is -0.986. The van der Waals surface area contributed by atoms with Crippen LogP contribution in [0.15, 0.2) is 18.7 Å². The summed E-state index contributed by atoms with van der Waals surface area (Å²) in [7, 11) is 3.44. The Morgan fingerprint density at radius 3 is 2.55 bits per heavy atom. The van der Waals surface area contributed by atoms with E-state index in [4.69, 9.17) is 14.2 Å². The van der Waals surface area contributed by atoms with Crippen molar-refractivity contribution in [3.05, 3.63) is 18.7 Å². The van der Waals surface area contributed by atoms with E-state index in [1.54, 1.807) is 6.92 Å². The number of carbonyl (C=O) groups is 2. The Hall–Kier alpha value is -1.89. The molecule has 1 heterocycles. The minimum absolute atomic E-state index is 0.0531. The highest BCUT2D eigenvalue weighted by molar-refractivity contribution is 5.77. The quantitative estimate of drug-likeness (QED) is 0.376. The first kappa shape index (κ1) is 18.2. The molecule has 0 N–H and O–H groups in total. The van der Waals surface area contributed by atoms with E-state index in [9.17, 15) is 9.59 Å². The normalized spacial score (nSPS) is 13.5. The van der Waals surface area contributed by atoms with Gasteiger partial charge in [-0.2, -0.15) is 0 Å². The van der Waals surface area contributed by atoms with E-state index in [0.29, 0.717) is 13.0 Å². The van der Waals surface area contributed by atoms with Crippen molar-refractivity contribution in [1.29, 1.82) is 0 Å². The Labute approximate surface area is 130 Å². The number of aryl methyl sites for hydroxylation is 2. The lowest BCUT2D eigenvalue weighted by Gasteiger charge is -2.25. The van der Waals surface area contributed by atoms with Gasteiger partial charge in [0.15, 0.2) is 0 Å². The number of imidazole rings is 1. The topological polar surface area (TPSA) is 70.6 Å². The van der Waals surface area contributed by atoms with Crippen LogP contribution < -0.4 is 4.57 Å². The molecule has 0 bridgehead atoms. The van der Waals surface area contributed by atoms with Gasteiger partial charge in [0, 0.05) is 20.5 Å². The highest BCUT2D eigenvalue weighted by Crippen LogP contribution is 2.20. The SMILES string of the molecule is COCC(C)(COC(C)=O)C(=O)OCCCn1cc[n+](C)c1. The second kappa shape index (κ2) is 8.53. The monoisotopic (exact) mass is 313 g/mol. The first-order valence-corrected chi connectivity index (χ1v) is 7.18. The molecular weight excluding hydrogens is 288 g/mol.